The van der Waals surface area contributed by atoms with Gasteiger partial charge in [-0.2, -0.15) is 5.01 Å². The summed E-state index contributed by atoms with van der Waals surface area (Å²) in [6.45, 7) is 0. The van der Waals surface area contributed by atoms with Gasteiger partial charge in [0.1, 0.15) is 11.6 Å². The summed E-state index contributed by atoms with van der Waals surface area (Å²) in [5, 5.41) is 12.2. The maximum atomic E-state index is 15.1. The fourth-order valence-corrected chi connectivity index (χ4v) is 9.58. The lowest BCUT2D eigenvalue weighted by molar-refractivity contribution is -0.144. The summed E-state index contributed by atoms with van der Waals surface area (Å²) < 4.78 is 13.8. The summed E-state index contributed by atoms with van der Waals surface area (Å²) in [6.07, 6.45) is 7.17. The Morgan fingerprint density at radius 1 is 0.854 bits per heavy atom. The van der Waals surface area contributed by atoms with Crippen LogP contribution >= 0.6 is 11.6 Å². The van der Waals surface area contributed by atoms with Gasteiger partial charge < -0.3 is 5.11 Å². The van der Waals surface area contributed by atoms with E-state index in [1.165, 1.54) is 29.2 Å². The normalized spacial score (nSPS) is 30.2. The second-order valence-electron chi connectivity index (χ2n) is 13.8. The number of amides is 4. The molecule has 0 radical (unpaired) electrons. The monoisotopic (exact) mass is 667 g/mol. The molecule has 10 heteroatoms. The average molecular weight is 668 g/mol. The highest BCUT2D eigenvalue weighted by Crippen LogP contribution is 2.64. The number of carbonyl (C=O) groups excluding carboxylic acids is 4. The Labute approximate surface area is 282 Å². The third kappa shape index (κ3) is 4.54. The minimum Gasteiger partial charge on any atom is -0.508 e. The number of hydrogen-bond acceptors (Lipinski definition) is 6. The van der Waals surface area contributed by atoms with Gasteiger partial charge in [0, 0.05) is 17.0 Å². The standard InChI is InChI=1S/C38H35ClFN3O5/c39-23-11-9-22(10-12-23)38-31(35(46)43(37(38)48)41-25-15-13-24(40)14-16-25)20-30-28(33(38)21-5-4-8-27(44)19-21)17-18-29-32(30)36(47)42(34(29)45)26-6-2-1-3-7-26/h4-5,8-17,19,26,29-33,41,44H,1-3,6-7,18,20H2/t29-,30+,31-,32-,33-,38+/m0/s1. The molecule has 3 aromatic carbocycles. The highest BCUT2D eigenvalue weighted by Gasteiger charge is 2.70. The number of fused-ring (bicyclic) bond motifs is 4. The molecule has 2 saturated heterocycles. The van der Waals surface area contributed by atoms with Crippen LogP contribution in [0.15, 0.2) is 84.4 Å². The first-order valence-corrected chi connectivity index (χ1v) is 17.1. The number of hydrogen-bond donors (Lipinski definition) is 2. The van der Waals surface area contributed by atoms with Gasteiger partial charge in [-0.1, -0.05) is 66.8 Å². The number of phenolic OH excluding ortho intramolecular Hbond substituents is 1. The van der Waals surface area contributed by atoms with E-state index in [-0.39, 0.29) is 30.0 Å². The number of hydrazine groups is 1. The van der Waals surface area contributed by atoms with E-state index in [4.69, 9.17) is 11.6 Å². The van der Waals surface area contributed by atoms with Gasteiger partial charge >= 0.3 is 0 Å². The number of imide groups is 2. The minimum absolute atomic E-state index is 0.000348. The second kappa shape index (κ2) is 11.6. The molecule has 246 valence electrons. The van der Waals surface area contributed by atoms with Crippen LogP contribution in [0.5, 0.6) is 5.75 Å². The van der Waals surface area contributed by atoms with Gasteiger partial charge in [0.15, 0.2) is 0 Å². The van der Waals surface area contributed by atoms with E-state index in [1.807, 2.05) is 12.1 Å². The summed E-state index contributed by atoms with van der Waals surface area (Å²) in [5.41, 5.74) is 3.84. The van der Waals surface area contributed by atoms with E-state index in [1.54, 1.807) is 42.5 Å². The average Bonchev–Trinajstić information content (AvgIpc) is 3.47. The predicted octanol–water partition coefficient (Wildman–Crippen LogP) is 6.50. The SMILES string of the molecule is O=C1[C@@H]2C[C@@H]3C(=CC[C@@H]4C(=O)N(C5CCCCC5)C(=O)[C@@H]43)[C@H](c3cccc(O)c3)[C@]2(c2ccc(Cl)cc2)C(=O)N1Nc1ccc(F)cc1. The van der Waals surface area contributed by atoms with Crippen LogP contribution in [0.1, 0.15) is 62.0 Å². The van der Waals surface area contributed by atoms with Gasteiger partial charge in [-0.25, -0.2) is 4.39 Å². The second-order valence-corrected chi connectivity index (χ2v) is 14.2. The topological polar surface area (TPSA) is 107 Å². The molecule has 0 spiro atoms. The Morgan fingerprint density at radius 2 is 1.58 bits per heavy atom. The third-order valence-electron chi connectivity index (χ3n) is 11.4. The highest BCUT2D eigenvalue weighted by atomic mass is 35.5. The Hall–Kier alpha value is -4.50. The van der Waals surface area contributed by atoms with Crippen LogP contribution in [0.3, 0.4) is 0 Å². The van der Waals surface area contributed by atoms with Gasteiger partial charge in [0.2, 0.25) is 11.8 Å². The molecule has 5 aliphatic rings. The zero-order valence-corrected chi connectivity index (χ0v) is 26.9. The molecular formula is C38H35ClFN3O5. The number of halogens is 2. The Morgan fingerprint density at radius 3 is 2.29 bits per heavy atom. The fraction of sp³-hybridized carbons (Fsp3) is 0.368. The molecule has 8 nitrogen and oxygen atoms in total. The first kappa shape index (κ1) is 30.8. The lowest BCUT2D eigenvalue weighted by Crippen LogP contribution is -2.53. The Kier molecular flexibility index (Phi) is 7.43. The molecule has 2 saturated carbocycles. The van der Waals surface area contributed by atoms with Gasteiger partial charge in [0.25, 0.3) is 11.8 Å². The largest absolute Gasteiger partial charge is 0.508 e. The van der Waals surface area contributed by atoms with Crippen molar-refractivity contribution in [3.63, 3.8) is 0 Å². The number of likely N-dealkylation sites (tertiary alicyclic amines) is 1. The van der Waals surface area contributed by atoms with Gasteiger partial charge in [-0.15, -0.1) is 0 Å². The summed E-state index contributed by atoms with van der Waals surface area (Å²) in [4.78, 5) is 59.6. The molecule has 2 heterocycles. The van der Waals surface area contributed by atoms with E-state index in [2.05, 4.69) is 5.43 Å². The molecule has 6 atom stereocenters. The maximum absolute atomic E-state index is 15.1. The first-order valence-electron chi connectivity index (χ1n) is 16.7. The van der Waals surface area contributed by atoms with Crippen molar-refractivity contribution in [1.29, 1.82) is 0 Å². The van der Waals surface area contributed by atoms with E-state index in [0.717, 1.165) is 42.7 Å². The van der Waals surface area contributed by atoms with Crippen molar-refractivity contribution in [1.82, 2.24) is 9.91 Å². The number of nitrogens with one attached hydrogen (secondary N) is 1. The zero-order valence-electron chi connectivity index (χ0n) is 26.1. The summed E-state index contributed by atoms with van der Waals surface area (Å²) in [6, 6.07) is 18.9. The van der Waals surface area contributed by atoms with Crippen molar-refractivity contribution in [2.45, 2.75) is 62.3 Å². The summed E-state index contributed by atoms with van der Waals surface area (Å²) in [7, 11) is 0. The first-order chi connectivity index (χ1) is 23.2. The van der Waals surface area contributed by atoms with Crippen LogP contribution in [0.25, 0.3) is 0 Å². The summed E-state index contributed by atoms with van der Waals surface area (Å²) >= 11 is 6.33. The fourth-order valence-electron chi connectivity index (χ4n) is 9.46. The van der Waals surface area contributed by atoms with Crippen molar-refractivity contribution in [2.24, 2.45) is 23.7 Å². The summed E-state index contributed by atoms with van der Waals surface area (Å²) in [5.74, 6) is -5.09. The molecule has 3 aromatic rings. The van der Waals surface area contributed by atoms with E-state index >= 15 is 4.79 Å². The molecular weight excluding hydrogens is 633 g/mol. The molecule has 2 aliphatic heterocycles. The number of nitrogens with zero attached hydrogens (tertiary/aromatic N) is 2. The smallest absolute Gasteiger partial charge is 0.260 e. The Balaban J connectivity index is 1.30. The quantitative estimate of drug-likeness (QED) is 0.238. The molecule has 4 amide bonds. The number of rotatable bonds is 5. The Bertz CT molecular complexity index is 1860. The van der Waals surface area contributed by atoms with Gasteiger partial charge in [-0.3, -0.25) is 29.5 Å². The molecule has 48 heavy (non-hydrogen) atoms. The molecule has 0 bridgehead atoms. The van der Waals surface area contributed by atoms with E-state index in [0.29, 0.717) is 28.3 Å². The van der Waals surface area contributed by atoms with Gasteiger partial charge in [-0.05, 0) is 91.3 Å². The van der Waals surface area contributed by atoms with Crippen LogP contribution in [0, 0.1) is 29.5 Å². The number of anilines is 1. The van der Waals surface area contributed by atoms with Crippen LogP contribution < -0.4 is 5.43 Å². The molecule has 8 rings (SSSR count). The highest BCUT2D eigenvalue weighted by molar-refractivity contribution is 6.30. The molecule has 4 fully saturated rings. The maximum Gasteiger partial charge on any atom is 0.260 e. The number of carbonyl (C=O) groups is 4. The van der Waals surface area contributed by atoms with Crippen molar-refractivity contribution >= 4 is 40.9 Å². The number of allylic oxidation sites excluding steroid dienone is 2. The van der Waals surface area contributed by atoms with Crippen LogP contribution in [-0.4, -0.2) is 44.7 Å². The third-order valence-corrected chi connectivity index (χ3v) is 11.7. The molecule has 0 aromatic heterocycles. The van der Waals surface area contributed by atoms with E-state index in [9.17, 15) is 23.9 Å². The van der Waals surface area contributed by atoms with E-state index < -0.39 is 52.6 Å². The van der Waals surface area contributed by atoms with Gasteiger partial charge in [0.05, 0.1) is 28.9 Å². The molecule has 0 unspecified atom stereocenters. The van der Waals surface area contributed by atoms with Crippen LogP contribution in [0.2, 0.25) is 5.02 Å². The van der Waals surface area contributed by atoms with Crippen LogP contribution in [0.4, 0.5) is 10.1 Å². The lowest BCUT2D eigenvalue weighted by atomic mass is 9.49. The van der Waals surface area contributed by atoms with Crippen molar-refractivity contribution < 1.29 is 28.7 Å². The molecule has 3 aliphatic carbocycles. The van der Waals surface area contributed by atoms with Crippen molar-refractivity contribution in [3.8, 4) is 5.75 Å². The number of benzene rings is 3. The number of aromatic hydroxyl groups is 1. The zero-order chi connectivity index (χ0) is 33.3. The lowest BCUT2D eigenvalue weighted by Gasteiger charge is -2.50. The number of phenols is 1. The van der Waals surface area contributed by atoms with Crippen molar-refractivity contribution in [3.05, 3.63) is 106 Å². The minimum atomic E-state index is -1.48. The van der Waals surface area contributed by atoms with Crippen LogP contribution in [-0.2, 0) is 24.6 Å². The molecule has 2 N–H and O–H groups in total. The predicted molar refractivity (Wildman–Crippen MR) is 176 cm³/mol. The van der Waals surface area contributed by atoms with Crippen molar-refractivity contribution in [2.75, 3.05) is 5.43 Å².